The van der Waals surface area contributed by atoms with Crippen LogP contribution in [0.5, 0.6) is 5.75 Å². The van der Waals surface area contributed by atoms with Gasteiger partial charge in [0, 0.05) is 53.0 Å². The standard InChI is InChI=1S/C28H31N5O2/c1-5-32(6-2)24-12-14-25(15-13-24)33-20(3)17-23(21(33)4)18-30-31-27(34)19-35-26-11-7-9-22-10-8-16-29-28(22)26/h7-18H,5-6,19H2,1-4H3,(H,31,34)/b30-18-. The summed E-state index contributed by atoms with van der Waals surface area (Å²) in [7, 11) is 0. The number of hydrogen-bond acceptors (Lipinski definition) is 5. The zero-order valence-electron chi connectivity index (χ0n) is 20.7. The van der Waals surface area contributed by atoms with Gasteiger partial charge in [-0.3, -0.25) is 9.78 Å². The molecule has 0 radical (unpaired) electrons. The number of hydrazone groups is 1. The molecular formula is C28H31N5O2. The molecule has 35 heavy (non-hydrogen) atoms. The Balaban J connectivity index is 1.40. The number of benzene rings is 2. The van der Waals surface area contributed by atoms with Crippen LogP contribution in [0.4, 0.5) is 5.69 Å². The van der Waals surface area contributed by atoms with Crippen molar-refractivity contribution in [2.24, 2.45) is 5.10 Å². The Morgan fingerprint density at radius 3 is 2.57 bits per heavy atom. The quantitative estimate of drug-likeness (QED) is 0.276. The minimum absolute atomic E-state index is 0.148. The number of fused-ring (bicyclic) bond motifs is 1. The molecular weight excluding hydrogens is 438 g/mol. The van der Waals surface area contributed by atoms with Gasteiger partial charge in [0.15, 0.2) is 6.61 Å². The van der Waals surface area contributed by atoms with Crippen LogP contribution in [0, 0.1) is 13.8 Å². The predicted molar refractivity (Wildman–Crippen MR) is 142 cm³/mol. The summed E-state index contributed by atoms with van der Waals surface area (Å²) in [6.07, 6.45) is 3.37. The molecule has 2 aromatic carbocycles. The second-order valence-corrected chi connectivity index (χ2v) is 8.26. The highest BCUT2D eigenvalue weighted by molar-refractivity contribution is 5.86. The van der Waals surface area contributed by atoms with Gasteiger partial charge in [-0.25, -0.2) is 5.43 Å². The SMILES string of the molecule is CCN(CC)c1ccc(-n2c(C)cc(/C=N\NC(=O)COc3cccc4cccnc34)c2C)cc1. The van der Waals surface area contributed by atoms with Gasteiger partial charge >= 0.3 is 0 Å². The molecule has 0 spiro atoms. The van der Waals surface area contributed by atoms with Crippen molar-refractivity contribution in [1.29, 1.82) is 0 Å². The molecule has 0 aliphatic rings. The van der Waals surface area contributed by atoms with Crippen LogP contribution in [0.3, 0.4) is 0 Å². The second kappa shape index (κ2) is 10.9. The number of carbonyl (C=O) groups is 1. The highest BCUT2D eigenvalue weighted by Gasteiger charge is 2.11. The first kappa shape index (κ1) is 24.0. The van der Waals surface area contributed by atoms with Crippen LogP contribution in [0.2, 0.25) is 0 Å². The Morgan fingerprint density at radius 1 is 1.09 bits per heavy atom. The van der Waals surface area contributed by atoms with Crippen molar-refractivity contribution in [3.8, 4) is 11.4 Å². The Morgan fingerprint density at radius 2 is 1.83 bits per heavy atom. The van der Waals surface area contributed by atoms with E-state index < -0.39 is 0 Å². The summed E-state index contributed by atoms with van der Waals surface area (Å²) in [4.78, 5) is 18.9. The van der Waals surface area contributed by atoms with Crippen LogP contribution in [-0.4, -0.2) is 41.4 Å². The summed E-state index contributed by atoms with van der Waals surface area (Å²) in [6, 6.07) is 20.1. The Labute approximate surface area is 206 Å². The van der Waals surface area contributed by atoms with Gasteiger partial charge in [-0.2, -0.15) is 5.10 Å². The van der Waals surface area contributed by atoms with E-state index in [2.05, 4.69) is 76.1 Å². The summed E-state index contributed by atoms with van der Waals surface area (Å²) in [5.74, 6) is 0.229. The van der Waals surface area contributed by atoms with E-state index in [4.69, 9.17) is 4.74 Å². The van der Waals surface area contributed by atoms with Crippen molar-refractivity contribution >= 4 is 28.7 Å². The molecule has 0 saturated carbocycles. The number of para-hydroxylation sites is 1. The highest BCUT2D eigenvalue weighted by Crippen LogP contribution is 2.24. The molecule has 1 amide bonds. The monoisotopic (exact) mass is 469 g/mol. The number of pyridine rings is 1. The third-order valence-corrected chi connectivity index (χ3v) is 6.05. The van der Waals surface area contributed by atoms with Crippen molar-refractivity contribution in [1.82, 2.24) is 15.0 Å². The summed E-state index contributed by atoms with van der Waals surface area (Å²) < 4.78 is 7.86. The third-order valence-electron chi connectivity index (χ3n) is 6.05. The fourth-order valence-electron chi connectivity index (χ4n) is 4.26. The zero-order chi connectivity index (χ0) is 24.8. The number of amides is 1. The van der Waals surface area contributed by atoms with Crippen LogP contribution in [-0.2, 0) is 4.79 Å². The number of anilines is 1. The van der Waals surface area contributed by atoms with E-state index in [9.17, 15) is 4.79 Å². The second-order valence-electron chi connectivity index (χ2n) is 8.26. The van der Waals surface area contributed by atoms with E-state index in [0.717, 1.165) is 46.6 Å². The summed E-state index contributed by atoms with van der Waals surface area (Å²) in [5, 5.41) is 5.10. The normalized spacial score (nSPS) is 11.2. The molecule has 7 heteroatoms. The number of aryl methyl sites for hydroxylation is 1. The van der Waals surface area contributed by atoms with Crippen LogP contribution >= 0.6 is 0 Å². The van der Waals surface area contributed by atoms with Gasteiger partial charge < -0.3 is 14.2 Å². The molecule has 1 N–H and O–H groups in total. The molecule has 7 nitrogen and oxygen atoms in total. The molecule has 2 aromatic heterocycles. The van der Waals surface area contributed by atoms with Gasteiger partial charge in [0.25, 0.3) is 5.91 Å². The number of nitrogens with one attached hydrogen (secondary N) is 1. The number of hydrogen-bond donors (Lipinski definition) is 1. The van der Waals surface area contributed by atoms with Crippen molar-refractivity contribution < 1.29 is 9.53 Å². The lowest BCUT2D eigenvalue weighted by Crippen LogP contribution is -2.24. The van der Waals surface area contributed by atoms with Gasteiger partial charge in [0.05, 0.1) is 6.21 Å². The molecule has 0 unspecified atom stereocenters. The van der Waals surface area contributed by atoms with Gasteiger partial charge in [0.1, 0.15) is 11.3 Å². The average molecular weight is 470 g/mol. The Kier molecular flexibility index (Phi) is 7.45. The van der Waals surface area contributed by atoms with Crippen molar-refractivity contribution in [2.45, 2.75) is 27.7 Å². The topological polar surface area (TPSA) is 71.8 Å². The maximum atomic E-state index is 12.3. The minimum Gasteiger partial charge on any atom is -0.481 e. The lowest BCUT2D eigenvalue weighted by Gasteiger charge is -2.21. The first-order valence-electron chi connectivity index (χ1n) is 11.8. The van der Waals surface area contributed by atoms with Crippen molar-refractivity contribution in [3.63, 3.8) is 0 Å². The number of carbonyl (C=O) groups excluding carboxylic acids is 1. The molecule has 0 saturated heterocycles. The summed E-state index contributed by atoms with van der Waals surface area (Å²) >= 11 is 0. The van der Waals surface area contributed by atoms with Gasteiger partial charge in [0.2, 0.25) is 0 Å². The fraction of sp³-hybridized carbons (Fsp3) is 0.250. The van der Waals surface area contributed by atoms with E-state index in [1.807, 2.05) is 31.2 Å². The maximum Gasteiger partial charge on any atom is 0.277 e. The molecule has 0 fully saturated rings. The van der Waals surface area contributed by atoms with E-state index >= 15 is 0 Å². The molecule has 2 heterocycles. The van der Waals surface area contributed by atoms with Crippen molar-refractivity contribution in [3.05, 3.63) is 83.8 Å². The fourth-order valence-corrected chi connectivity index (χ4v) is 4.26. The molecule has 180 valence electrons. The van der Waals surface area contributed by atoms with E-state index in [1.165, 1.54) is 5.69 Å². The molecule has 0 aliphatic heterocycles. The molecule has 4 rings (SSSR count). The number of aromatic nitrogens is 2. The minimum atomic E-state index is -0.338. The molecule has 0 aliphatic carbocycles. The Bertz CT molecular complexity index is 1330. The predicted octanol–water partition coefficient (Wildman–Crippen LogP) is 5.02. The molecule has 0 atom stereocenters. The highest BCUT2D eigenvalue weighted by atomic mass is 16.5. The van der Waals surface area contributed by atoms with Crippen LogP contribution in [0.1, 0.15) is 30.8 Å². The van der Waals surface area contributed by atoms with Gasteiger partial charge in [-0.1, -0.05) is 18.2 Å². The number of ether oxygens (including phenoxy) is 1. The maximum absolute atomic E-state index is 12.3. The molecule has 0 bridgehead atoms. The van der Waals surface area contributed by atoms with Crippen LogP contribution < -0.4 is 15.1 Å². The lowest BCUT2D eigenvalue weighted by molar-refractivity contribution is -0.123. The molecule has 4 aromatic rings. The van der Waals surface area contributed by atoms with E-state index in [0.29, 0.717) is 5.75 Å². The first-order chi connectivity index (χ1) is 17.0. The third kappa shape index (κ3) is 5.35. The van der Waals surface area contributed by atoms with E-state index in [-0.39, 0.29) is 12.5 Å². The van der Waals surface area contributed by atoms with Gasteiger partial charge in [-0.05, 0) is 70.2 Å². The number of nitrogens with zero attached hydrogens (tertiary/aromatic N) is 4. The van der Waals surface area contributed by atoms with E-state index in [1.54, 1.807) is 18.5 Å². The first-order valence-corrected chi connectivity index (χ1v) is 11.8. The number of rotatable bonds is 9. The van der Waals surface area contributed by atoms with Crippen molar-refractivity contribution in [2.75, 3.05) is 24.6 Å². The summed E-state index contributed by atoms with van der Waals surface area (Å²) in [6.45, 7) is 10.2. The Hall–Kier alpha value is -4.13. The van der Waals surface area contributed by atoms with Gasteiger partial charge in [-0.15, -0.1) is 0 Å². The smallest absolute Gasteiger partial charge is 0.277 e. The van der Waals surface area contributed by atoms with Crippen LogP contribution in [0.15, 0.2) is 72.0 Å². The largest absolute Gasteiger partial charge is 0.481 e. The average Bonchev–Trinajstić information content (AvgIpc) is 3.16. The zero-order valence-corrected chi connectivity index (χ0v) is 20.7. The summed E-state index contributed by atoms with van der Waals surface area (Å²) in [5.41, 5.74) is 8.67. The van der Waals surface area contributed by atoms with Crippen LogP contribution in [0.25, 0.3) is 16.6 Å². The lowest BCUT2D eigenvalue weighted by atomic mass is 10.2.